The lowest BCUT2D eigenvalue weighted by atomic mass is 9.94. The molecule has 3 N–H and O–H groups in total. The van der Waals surface area contributed by atoms with Crippen LogP contribution in [0.3, 0.4) is 0 Å². The molecule has 4 heteroatoms. The van der Waals surface area contributed by atoms with E-state index in [1.807, 2.05) is 13.8 Å². The van der Waals surface area contributed by atoms with E-state index in [1.165, 1.54) is 0 Å². The Hall–Kier alpha value is -0.610. The van der Waals surface area contributed by atoms with Gasteiger partial charge in [-0.1, -0.05) is 20.8 Å². The first-order valence-corrected chi connectivity index (χ1v) is 5.40. The fourth-order valence-electron chi connectivity index (χ4n) is 1.60. The molecule has 0 aromatic carbocycles. The molecule has 0 aliphatic rings. The number of aliphatic carboxylic acids is 1. The molecular formula is C11H23NO3. The minimum atomic E-state index is -0.814. The maximum absolute atomic E-state index is 10.5. The Balaban J connectivity index is 3.79. The van der Waals surface area contributed by atoms with Gasteiger partial charge in [-0.15, -0.1) is 0 Å². The molecule has 15 heavy (non-hydrogen) atoms. The lowest BCUT2D eigenvalue weighted by Gasteiger charge is -2.26. The molecule has 0 rings (SSSR count). The largest absolute Gasteiger partial charge is 0.481 e. The predicted octanol–water partition coefficient (Wildman–Crippen LogP) is 1.09. The van der Waals surface area contributed by atoms with E-state index in [-0.39, 0.29) is 0 Å². The minimum Gasteiger partial charge on any atom is -0.481 e. The number of carbonyl (C=O) groups is 1. The number of aliphatic hydroxyl groups is 1. The third-order valence-corrected chi connectivity index (χ3v) is 2.23. The summed E-state index contributed by atoms with van der Waals surface area (Å²) in [5, 5.41) is 21.6. The standard InChI is InChI=1S/C11H23NO3/c1-8(2)5-11(4,15)7-12-6-9(3)10(13)14/h8-9,12,15H,5-7H2,1-4H3,(H,13,14). The van der Waals surface area contributed by atoms with Crippen LogP contribution >= 0.6 is 0 Å². The Morgan fingerprint density at radius 2 is 1.93 bits per heavy atom. The molecule has 0 aliphatic heterocycles. The zero-order valence-electron chi connectivity index (χ0n) is 10.1. The maximum Gasteiger partial charge on any atom is 0.307 e. The number of carboxylic acids is 1. The summed E-state index contributed by atoms with van der Waals surface area (Å²) in [7, 11) is 0. The summed E-state index contributed by atoms with van der Waals surface area (Å²) >= 11 is 0. The normalized spacial score (nSPS) is 17.5. The summed E-state index contributed by atoms with van der Waals surface area (Å²) in [6.45, 7) is 8.34. The van der Waals surface area contributed by atoms with E-state index in [1.54, 1.807) is 13.8 Å². The number of hydrogen-bond acceptors (Lipinski definition) is 3. The highest BCUT2D eigenvalue weighted by molar-refractivity contribution is 5.69. The van der Waals surface area contributed by atoms with Crippen molar-refractivity contribution >= 4 is 5.97 Å². The average molecular weight is 217 g/mol. The smallest absolute Gasteiger partial charge is 0.307 e. The van der Waals surface area contributed by atoms with Crippen LogP contribution in [-0.2, 0) is 4.79 Å². The highest BCUT2D eigenvalue weighted by Gasteiger charge is 2.22. The van der Waals surface area contributed by atoms with Gasteiger partial charge in [0, 0.05) is 13.1 Å². The van der Waals surface area contributed by atoms with Gasteiger partial charge < -0.3 is 15.5 Å². The quantitative estimate of drug-likeness (QED) is 0.597. The molecule has 0 spiro atoms. The topological polar surface area (TPSA) is 69.6 Å². The molecule has 0 radical (unpaired) electrons. The summed E-state index contributed by atoms with van der Waals surface area (Å²) in [6.07, 6.45) is 0.710. The first-order chi connectivity index (χ1) is 6.74. The predicted molar refractivity (Wildman–Crippen MR) is 59.7 cm³/mol. The van der Waals surface area contributed by atoms with E-state index in [2.05, 4.69) is 5.32 Å². The second-order valence-corrected chi connectivity index (χ2v) is 4.97. The first-order valence-electron chi connectivity index (χ1n) is 5.40. The Bertz CT molecular complexity index is 202. The molecule has 0 fully saturated rings. The van der Waals surface area contributed by atoms with Crippen LogP contribution in [0.25, 0.3) is 0 Å². The van der Waals surface area contributed by atoms with E-state index in [0.29, 0.717) is 25.4 Å². The summed E-state index contributed by atoms with van der Waals surface area (Å²) in [5.74, 6) is -0.801. The highest BCUT2D eigenvalue weighted by Crippen LogP contribution is 2.14. The van der Waals surface area contributed by atoms with E-state index in [4.69, 9.17) is 5.11 Å². The van der Waals surface area contributed by atoms with Crippen LogP contribution in [0.2, 0.25) is 0 Å². The van der Waals surface area contributed by atoms with Crippen molar-refractivity contribution in [2.24, 2.45) is 11.8 Å². The van der Waals surface area contributed by atoms with E-state index in [9.17, 15) is 9.90 Å². The molecule has 0 saturated heterocycles. The lowest BCUT2D eigenvalue weighted by Crippen LogP contribution is -2.41. The summed E-state index contributed by atoms with van der Waals surface area (Å²) < 4.78 is 0. The van der Waals surface area contributed by atoms with Crippen LogP contribution < -0.4 is 5.32 Å². The van der Waals surface area contributed by atoms with Gasteiger partial charge in [0.15, 0.2) is 0 Å². The fraction of sp³-hybridized carbons (Fsp3) is 0.909. The van der Waals surface area contributed by atoms with Crippen LogP contribution in [0.1, 0.15) is 34.1 Å². The average Bonchev–Trinajstić information content (AvgIpc) is 2.00. The molecular weight excluding hydrogens is 194 g/mol. The molecule has 0 heterocycles. The Kier molecular flexibility index (Phi) is 5.83. The van der Waals surface area contributed by atoms with Gasteiger partial charge in [0.25, 0.3) is 0 Å². The van der Waals surface area contributed by atoms with Gasteiger partial charge >= 0.3 is 5.97 Å². The number of rotatable bonds is 7. The van der Waals surface area contributed by atoms with Gasteiger partial charge in [0.2, 0.25) is 0 Å². The van der Waals surface area contributed by atoms with Crippen LogP contribution in [0.5, 0.6) is 0 Å². The SMILES string of the molecule is CC(C)CC(C)(O)CNCC(C)C(=O)O. The molecule has 0 aliphatic carbocycles. The monoisotopic (exact) mass is 217 g/mol. The van der Waals surface area contributed by atoms with Gasteiger partial charge in [0.1, 0.15) is 0 Å². The summed E-state index contributed by atoms with van der Waals surface area (Å²) in [5.41, 5.74) is -0.758. The molecule has 0 bridgehead atoms. The van der Waals surface area contributed by atoms with Gasteiger partial charge in [0.05, 0.1) is 11.5 Å². The van der Waals surface area contributed by atoms with Crippen molar-refractivity contribution in [3.8, 4) is 0 Å². The molecule has 90 valence electrons. The lowest BCUT2D eigenvalue weighted by molar-refractivity contribution is -0.141. The third-order valence-electron chi connectivity index (χ3n) is 2.23. The van der Waals surface area contributed by atoms with Gasteiger partial charge in [-0.3, -0.25) is 4.79 Å². The van der Waals surface area contributed by atoms with Crippen LogP contribution in [0, 0.1) is 11.8 Å². The summed E-state index contributed by atoms with van der Waals surface area (Å²) in [4.78, 5) is 10.5. The van der Waals surface area contributed by atoms with Gasteiger partial charge in [-0.2, -0.15) is 0 Å². The number of carboxylic acid groups (broad SMARTS) is 1. The number of hydrogen-bond donors (Lipinski definition) is 3. The second-order valence-electron chi connectivity index (χ2n) is 4.97. The van der Waals surface area contributed by atoms with Crippen molar-refractivity contribution in [1.82, 2.24) is 5.32 Å². The van der Waals surface area contributed by atoms with E-state index < -0.39 is 17.5 Å². The molecule has 2 atom stereocenters. The van der Waals surface area contributed by atoms with Crippen molar-refractivity contribution in [3.63, 3.8) is 0 Å². The maximum atomic E-state index is 10.5. The van der Waals surface area contributed by atoms with Crippen molar-refractivity contribution in [2.75, 3.05) is 13.1 Å². The van der Waals surface area contributed by atoms with Crippen molar-refractivity contribution < 1.29 is 15.0 Å². The molecule has 0 saturated carbocycles. The third kappa shape index (κ3) is 7.33. The van der Waals surface area contributed by atoms with Crippen LogP contribution in [-0.4, -0.2) is 34.9 Å². The molecule has 2 unspecified atom stereocenters. The van der Waals surface area contributed by atoms with E-state index >= 15 is 0 Å². The fourth-order valence-corrected chi connectivity index (χ4v) is 1.60. The van der Waals surface area contributed by atoms with Crippen LogP contribution in [0.4, 0.5) is 0 Å². The summed E-state index contributed by atoms with van der Waals surface area (Å²) in [6, 6.07) is 0. The van der Waals surface area contributed by atoms with Crippen molar-refractivity contribution in [2.45, 2.75) is 39.7 Å². The van der Waals surface area contributed by atoms with E-state index in [0.717, 1.165) is 0 Å². The Labute approximate surface area is 91.7 Å². The highest BCUT2D eigenvalue weighted by atomic mass is 16.4. The zero-order chi connectivity index (χ0) is 12.1. The van der Waals surface area contributed by atoms with Gasteiger partial charge in [-0.05, 0) is 19.3 Å². The van der Waals surface area contributed by atoms with Crippen molar-refractivity contribution in [3.05, 3.63) is 0 Å². The Morgan fingerprint density at radius 1 is 1.40 bits per heavy atom. The molecule has 0 aromatic rings. The second kappa shape index (κ2) is 6.08. The van der Waals surface area contributed by atoms with Crippen LogP contribution in [0.15, 0.2) is 0 Å². The molecule has 0 amide bonds. The Morgan fingerprint density at radius 3 is 2.33 bits per heavy atom. The number of nitrogens with one attached hydrogen (secondary N) is 1. The molecule has 0 aromatic heterocycles. The van der Waals surface area contributed by atoms with Crippen molar-refractivity contribution in [1.29, 1.82) is 0 Å². The zero-order valence-corrected chi connectivity index (χ0v) is 10.1. The first kappa shape index (κ1) is 14.4. The molecule has 4 nitrogen and oxygen atoms in total. The van der Waals surface area contributed by atoms with Gasteiger partial charge in [-0.25, -0.2) is 0 Å². The minimum absolute atomic E-state index is 0.392.